The van der Waals surface area contributed by atoms with Crippen LogP contribution in [0.25, 0.3) is 0 Å². The number of alkyl halides is 1. The van der Waals surface area contributed by atoms with Crippen LogP contribution in [0.2, 0.25) is 0 Å². The van der Waals surface area contributed by atoms with E-state index in [0.29, 0.717) is 5.88 Å². The summed E-state index contributed by atoms with van der Waals surface area (Å²) in [5, 5.41) is 0. The Labute approximate surface area is 71.0 Å². The molecule has 0 radical (unpaired) electrons. The van der Waals surface area contributed by atoms with Crippen molar-refractivity contribution in [3.63, 3.8) is 0 Å². The maximum Gasteiger partial charge on any atom is 0.146 e. The first-order valence-electron chi connectivity index (χ1n) is 3.28. The van der Waals surface area contributed by atoms with Crippen LogP contribution in [0.15, 0.2) is 12.4 Å². The summed E-state index contributed by atoms with van der Waals surface area (Å²) in [7, 11) is 3.84. The molecule has 11 heavy (non-hydrogen) atoms. The van der Waals surface area contributed by atoms with E-state index in [1.165, 1.54) is 0 Å². The number of nitrogens with zero attached hydrogens (tertiary/aromatic N) is 3. The second kappa shape index (κ2) is 3.53. The summed E-state index contributed by atoms with van der Waals surface area (Å²) in [5.41, 5.74) is 0.803. The molecule has 0 saturated carbocycles. The average molecular weight is 172 g/mol. The standard InChI is InChI=1S/C7H10ClN3/c1-11(2)7-5-9-6(3-8)4-10-7/h4-5H,3H2,1-2H3. The van der Waals surface area contributed by atoms with E-state index in [-0.39, 0.29) is 0 Å². The Morgan fingerprint density at radius 3 is 2.45 bits per heavy atom. The number of hydrogen-bond donors (Lipinski definition) is 0. The van der Waals surface area contributed by atoms with Crippen molar-refractivity contribution in [1.82, 2.24) is 9.97 Å². The number of aromatic nitrogens is 2. The third-order valence-corrected chi connectivity index (χ3v) is 1.56. The minimum atomic E-state index is 0.417. The van der Waals surface area contributed by atoms with E-state index in [9.17, 15) is 0 Å². The lowest BCUT2D eigenvalue weighted by Crippen LogP contribution is -2.10. The highest BCUT2D eigenvalue weighted by Crippen LogP contribution is 2.05. The van der Waals surface area contributed by atoms with E-state index in [0.717, 1.165) is 11.5 Å². The van der Waals surface area contributed by atoms with Gasteiger partial charge in [-0.05, 0) is 0 Å². The van der Waals surface area contributed by atoms with Crippen LogP contribution in [-0.4, -0.2) is 24.1 Å². The fraction of sp³-hybridized carbons (Fsp3) is 0.429. The van der Waals surface area contributed by atoms with Crippen molar-refractivity contribution in [2.24, 2.45) is 0 Å². The largest absolute Gasteiger partial charge is 0.361 e. The van der Waals surface area contributed by atoms with Crippen LogP contribution < -0.4 is 4.90 Å². The molecule has 0 aliphatic heterocycles. The molecular formula is C7H10ClN3. The molecule has 0 aromatic carbocycles. The minimum absolute atomic E-state index is 0.417. The van der Waals surface area contributed by atoms with E-state index in [2.05, 4.69) is 9.97 Å². The maximum atomic E-state index is 5.54. The van der Waals surface area contributed by atoms with E-state index < -0.39 is 0 Å². The van der Waals surface area contributed by atoms with Crippen LogP contribution in [-0.2, 0) is 5.88 Å². The minimum Gasteiger partial charge on any atom is -0.361 e. The summed E-state index contributed by atoms with van der Waals surface area (Å²) in [6, 6.07) is 0. The Hall–Kier alpha value is -0.830. The lowest BCUT2D eigenvalue weighted by Gasteiger charge is -2.09. The summed E-state index contributed by atoms with van der Waals surface area (Å²) >= 11 is 5.54. The second-order valence-corrected chi connectivity index (χ2v) is 2.66. The summed E-state index contributed by atoms with van der Waals surface area (Å²) in [6.07, 6.45) is 3.39. The van der Waals surface area contributed by atoms with Gasteiger partial charge in [-0.2, -0.15) is 0 Å². The highest BCUT2D eigenvalue weighted by Gasteiger charge is 1.96. The van der Waals surface area contributed by atoms with Crippen molar-refractivity contribution in [2.45, 2.75) is 5.88 Å². The average Bonchev–Trinajstić information content (AvgIpc) is 2.05. The maximum absolute atomic E-state index is 5.54. The highest BCUT2D eigenvalue weighted by molar-refractivity contribution is 6.16. The lowest BCUT2D eigenvalue weighted by molar-refractivity contribution is 1.01. The topological polar surface area (TPSA) is 29.0 Å². The predicted octanol–water partition coefficient (Wildman–Crippen LogP) is 1.28. The van der Waals surface area contributed by atoms with Crippen LogP contribution in [0.3, 0.4) is 0 Å². The fourth-order valence-electron chi connectivity index (χ4n) is 0.648. The molecule has 0 saturated heterocycles. The third kappa shape index (κ3) is 2.05. The van der Waals surface area contributed by atoms with Gasteiger partial charge < -0.3 is 4.90 Å². The van der Waals surface area contributed by atoms with Gasteiger partial charge in [0, 0.05) is 14.1 Å². The molecule has 1 aromatic heterocycles. The number of anilines is 1. The van der Waals surface area contributed by atoms with Gasteiger partial charge in [-0.25, -0.2) is 4.98 Å². The van der Waals surface area contributed by atoms with Crippen LogP contribution in [0, 0.1) is 0 Å². The molecule has 1 heterocycles. The first kappa shape index (κ1) is 8.27. The van der Waals surface area contributed by atoms with Crippen molar-refractivity contribution < 1.29 is 0 Å². The third-order valence-electron chi connectivity index (χ3n) is 1.29. The number of hydrogen-bond acceptors (Lipinski definition) is 3. The summed E-state index contributed by atoms with van der Waals surface area (Å²) in [6.45, 7) is 0. The normalized spacial score (nSPS) is 9.73. The SMILES string of the molecule is CN(C)c1cnc(CCl)cn1. The number of halogens is 1. The molecule has 0 bridgehead atoms. The second-order valence-electron chi connectivity index (χ2n) is 2.39. The molecule has 0 fully saturated rings. The van der Waals surface area contributed by atoms with Crippen molar-refractivity contribution in [3.8, 4) is 0 Å². The van der Waals surface area contributed by atoms with Gasteiger partial charge in [0.25, 0.3) is 0 Å². The molecule has 60 valence electrons. The van der Waals surface area contributed by atoms with E-state index >= 15 is 0 Å². The Kier molecular flexibility index (Phi) is 2.65. The molecule has 0 spiro atoms. The Morgan fingerprint density at radius 1 is 1.36 bits per heavy atom. The van der Waals surface area contributed by atoms with Gasteiger partial charge in [-0.3, -0.25) is 4.98 Å². The quantitative estimate of drug-likeness (QED) is 0.628. The van der Waals surface area contributed by atoms with Crippen LogP contribution in [0.1, 0.15) is 5.69 Å². The predicted molar refractivity (Wildman–Crippen MR) is 45.9 cm³/mol. The molecule has 0 amide bonds. The Morgan fingerprint density at radius 2 is 2.09 bits per heavy atom. The van der Waals surface area contributed by atoms with Crippen molar-refractivity contribution in [2.75, 3.05) is 19.0 Å². The van der Waals surface area contributed by atoms with Crippen LogP contribution in [0.5, 0.6) is 0 Å². The zero-order valence-corrected chi connectivity index (χ0v) is 7.34. The molecule has 3 nitrogen and oxygen atoms in total. The fourth-order valence-corrected chi connectivity index (χ4v) is 0.786. The van der Waals surface area contributed by atoms with Gasteiger partial charge in [0.15, 0.2) is 0 Å². The molecule has 1 rings (SSSR count). The summed E-state index contributed by atoms with van der Waals surface area (Å²) < 4.78 is 0. The Balaban J connectivity index is 2.83. The van der Waals surface area contributed by atoms with E-state index in [1.54, 1.807) is 12.4 Å². The summed E-state index contributed by atoms with van der Waals surface area (Å²) in [4.78, 5) is 10.1. The summed E-state index contributed by atoms with van der Waals surface area (Å²) in [5.74, 6) is 1.26. The van der Waals surface area contributed by atoms with E-state index in [4.69, 9.17) is 11.6 Å². The molecule has 0 N–H and O–H groups in total. The van der Waals surface area contributed by atoms with Crippen LogP contribution in [0.4, 0.5) is 5.82 Å². The Bertz CT molecular complexity index is 220. The van der Waals surface area contributed by atoms with Gasteiger partial charge in [0.2, 0.25) is 0 Å². The lowest BCUT2D eigenvalue weighted by atomic mass is 10.5. The van der Waals surface area contributed by atoms with Crippen molar-refractivity contribution in [1.29, 1.82) is 0 Å². The molecule has 4 heteroatoms. The monoisotopic (exact) mass is 171 g/mol. The van der Waals surface area contributed by atoms with Crippen LogP contribution >= 0.6 is 11.6 Å². The first-order chi connectivity index (χ1) is 5.24. The number of rotatable bonds is 2. The van der Waals surface area contributed by atoms with Gasteiger partial charge >= 0.3 is 0 Å². The van der Waals surface area contributed by atoms with E-state index in [1.807, 2.05) is 19.0 Å². The van der Waals surface area contributed by atoms with Gasteiger partial charge in [-0.1, -0.05) is 0 Å². The molecule has 1 aromatic rings. The molecule has 0 unspecified atom stereocenters. The molecular weight excluding hydrogens is 162 g/mol. The van der Waals surface area contributed by atoms with Gasteiger partial charge in [0.1, 0.15) is 5.82 Å². The first-order valence-corrected chi connectivity index (χ1v) is 3.81. The smallest absolute Gasteiger partial charge is 0.146 e. The van der Waals surface area contributed by atoms with Crippen molar-refractivity contribution >= 4 is 17.4 Å². The molecule has 0 aliphatic carbocycles. The molecule has 0 atom stereocenters. The highest BCUT2D eigenvalue weighted by atomic mass is 35.5. The van der Waals surface area contributed by atoms with Gasteiger partial charge in [-0.15, -0.1) is 11.6 Å². The molecule has 0 aliphatic rings. The zero-order chi connectivity index (χ0) is 8.27. The van der Waals surface area contributed by atoms with Crippen molar-refractivity contribution in [3.05, 3.63) is 18.1 Å². The zero-order valence-electron chi connectivity index (χ0n) is 6.58. The van der Waals surface area contributed by atoms with Gasteiger partial charge in [0.05, 0.1) is 24.0 Å².